The fraction of sp³-hybridized carbons (Fsp3) is 0.600. The maximum absolute atomic E-state index is 12.5. The van der Waals surface area contributed by atoms with Crippen LogP contribution in [0.4, 0.5) is 0 Å². The number of nitrogens with zero attached hydrogens (tertiary/aromatic N) is 2. The summed E-state index contributed by atoms with van der Waals surface area (Å²) in [7, 11) is 1.88. The molecule has 2 N–H and O–H groups in total. The summed E-state index contributed by atoms with van der Waals surface area (Å²) in [6.07, 6.45) is 3.95. The van der Waals surface area contributed by atoms with E-state index in [0.717, 1.165) is 37.8 Å². The molecule has 2 rings (SSSR count). The number of rotatable bonds is 7. The molecule has 5 nitrogen and oxygen atoms in total. The molecule has 1 aromatic rings. The van der Waals surface area contributed by atoms with E-state index in [9.17, 15) is 9.59 Å². The third-order valence-corrected chi connectivity index (χ3v) is 5.04. The van der Waals surface area contributed by atoms with E-state index in [1.54, 1.807) is 0 Å². The zero-order valence-corrected chi connectivity index (χ0v) is 15.5. The maximum atomic E-state index is 12.5. The van der Waals surface area contributed by atoms with Gasteiger partial charge in [-0.1, -0.05) is 43.7 Å². The predicted octanol–water partition coefficient (Wildman–Crippen LogP) is 2.57. The van der Waals surface area contributed by atoms with Crippen LogP contribution in [0.2, 0.25) is 0 Å². The molecule has 1 aliphatic rings. The first-order valence-electron chi connectivity index (χ1n) is 9.36. The number of piperidine rings is 1. The van der Waals surface area contributed by atoms with Gasteiger partial charge in [-0.05, 0) is 24.8 Å². The number of carbonyl (C=O) groups is 2. The highest BCUT2D eigenvalue weighted by atomic mass is 16.2. The summed E-state index contributed by atoms with van der Waals surface area (Å²) in [6, 6.07) is 9.45. The first-order chi connectivity index (χ1) is 12.0. The first-order valence-corrected chi connectivity index (χ1v) is 9.36. The summed E-state index contributed by atoms with van der Waals surface area (Å²) in [6.45, 7) is 4.25. The van der Waals surface area contributed by atoms with E-state index < -0.39 is 0 Å². The molecule has 2 amide bonds. The van der Waals surface area contributed by atoms with Crippen molar-refractivity contribution in [2.45, 2.75) is 45.1 Å². The highest BCUT2D eigenvalue weighted by Gasteiger charge is 2.29. The molecule has 0 aromatic heterocycles. The smallest absolute Gasteiger partial charge is 0.225 e. The molecular weight excluding hydrogens is 314 g/mol. The van der Waals surface area contributed by atoms with Crippen LogP contribution < -0.4 is 5.73 Å². The SMILES string of the molecule is CCCCN(C)C(=O)C1CCN(C(=O)CC(N)c2ccccc2)CC1. The molecule has 1 fully saturated rings. The van der Waals surface area contributed by atoms with E-state index in [1.807, 2.05) is 47.2 Å². The van der Waals surface area contributed by atoms with Crippen molar-refractivity contribution < 1.29 is 9.59 Å². The van der Waals surface area contributed by atoms with Gasteiger partial charge in [-0.15, -0.1) is 0 Å². The van der Waals surface area contributed by atoms with Crippen LogP contribution in [0.1, 0.15) is 50.6 Å². The Morgan fingerprint density at radius 3 is 2.48 bits per heavy atom. The zero-order chi connectivity index (χ0) is 18.2. The third-order valence-electron chi connectivity index (χ3n) is 5.04. The molecule has 1 atom stereocenters. The van der Waals surface area contributed by atoms with Gasteiger partial charge in [0.2, 0.25) is 11.8 Å². The summed E-state index contributed by atoms with van der Waals surface area (Å²) in [5.74, 6) is 0.358. The van der Waals surface area contributed by atoms with Crippen LogP contribution in [-0.4, -0.2) is 48.3 Å². The number of amides is 2. The van der Waals surface area contributed by atoms with Crippen LogP contribution in [0.3, 0.4) is 0 Å². The van der Waals surface area contributed by atoms with Crippen LogP contribution in [0, 0.1) is 5.92 Å². The Hall–Kier alpha value is -1.88. The monoisotopic (exact) mass is 345 g/mol. The van der Waals surface area contributed by atoms with Gasteiger partial charge in [-0.3, -0.25) is 9.59 Å². The number of benzene rings is 1. The van der Waals surface area contributed by atoms with Crippen molar-refractivity contribution in [3.8, 4) is 0 Å². The molecule has 1 aromatic carbocycles. The standard InChI is InChI=1S/C20H31N3O2/c1-3-4-12-22(2)20(25)17-10-13-23(14-11-17)19(24)15-18(21)16-8-6-5-7-9-16/h5-9,17-18H,3-4,10-15,21H2,1-2H3. The van der Waals surface area contributed by atoms with E-state index in [0.29, 0.717) is 19.5 Å². The van der Waals surface area contributed by atoms with Crippen molar-refractivity contribution in [2.24, 2.45) is 11.7 Å². The minimum atomic E-state index is -0.270. The molecule has 25 heavy (non-hydrogen) atoms. The molecule has 0 bridgehead atoms. The van der Waals surface area contributed by atoms with E-state index in [4.69, 9.17) is 5.73 Å². The van der Waals surface area contributed by atoms with Crippen molar-refractivity contribution >= 4 is 11.8 Å². The van der Waals surface area contributed by atoms with Crippen LogP contribution in [0.15, 0.2) is 30.3 Å². The molecule has 0 saturated carbocycles. The van der Waals surface area contributed by atoms with Crippen molar-refractivity contribution in [2.75, 3.05) is 26.7 Å². The average molecular weight is 345 g/mol. The lowest BCUT2D eigenvalue weighted by atomic mass is 9.94. The Morgan fingerprint density at radius 2 is 1.88 bits per heavy atom. The second-order valence-corrected chi connectivity index (χ2v) is 6.99. The minimum Gasteiger partial charge on any atom is -0.346 e. The molecule has 0 aliphatic carbocycles. The average Bonchev–Trinajstić information content (AvgIpc) is 2.66. The molecule has 1 saturated heterocycles. The largest absolute Gasteiger partial charge is 0.346 e. The summed E-state index contributed by atoms with van der Waals surface area (Å²) >= 11 is 0. The van der Waals surface area contributed by atoms with Crippen LogP contribution in [-0.2, 0) is 9.59 Å². The molecule has 0 radical (unpaired) electrons. The van der Waals surface area contributed by atoms with Crippen LogP contribution in [0.25, 0.3) is 0 Å². The minimum absolute atomic E-state index is 0.0497. The van der Waals surface area contributed by atoms with Gasteiger partial charge in [0.15, 0.2) is 0 Å². The van der Waals surface area contributed by atoms with Crippen LogP contribution >= 0.6 is 0 Å². The van der Waals surface area contributed by atoms with Gasteiger partial charge in [0.25, 0.3) is 0 Å². The number of unbranched alkanes of at least 4 members (excludes halogenated alkanes) is 1. The van der Waals surface area contributed by atoms with Gasteiger partial charge >= 0.3 is 0 Å². The number of nitrogens with two attached hydrogens (primary N) is 1. The van der Waals surface area contributed by atoms with Gasteiger partial charge in [0.05, 0.1) is 0 Å². The lowest BCUT2D eigenvalue weighted by molar-refractivity contribution is -0.140. The topological polar surface area (TPSA) is 66.6 Å². The summed E-state index contributed by atoms with van der Waals surface area (Å²) in [4.78, 5) is 28.6. The highest BCUT2D eigenvalue weighted by molar-refractivity contribution is 5.80. The Bertz CT molecular complexity index is 553. The van der Waals surface area contributed by atoms with E-state index in [-0.39, 0.29) is 23.8 Å². The lowest BCUT2D eigenvalue weighted by Crippen LogP contribution is -2.44. The maximum Gasteiger partial charge on any atom is 0.225 e. The molecule has 5 heteroatoms. The molecular formula is C20H31N3O2. The van der Waals surface area contributed by atoms with Gasteiger partial charge in [-0.2, -0.15) is 0 Å². The van der Waals surface area contributed by atoms with Gasteiger partial charge < -0.3 is 15.5 Å². The van der Waals surface area contributed by atoms with E-state index >= 15 is 0 Å². The number of hydrogen-bond donors (Lipinski definition) is 1. The first kappa shape index (κ1) is 19.4. The molecule has 1 unspecified atom stereocenters. The highest BCUT2D eigenvalue weighted by Crippen LogP contribution is 2.22. The van der Waals surface area contributed by atoms with Crippen molar-refractivity contribution in [1.29, 1.82) is 0 Å². The van der Waals surface area contributed by atoms with Crippen molar-refractivity contribution in [3.63, 3.8) is 0 Å². The summed E-state index contributed by atoms with van der Waals surface area (Å²) < 4.78 is 0. The van der Waals surface area contributed by atoms with Crippen LogP contribution in [0.5, 0.6) is 0 Å². The quantitative estimate of drug-likeness (QED) is 0.826. The predicted molar refractivity (Wildman–Crippen MR) is 99.8 cm³/mol. The number of carbonyl (C=O) groups excluding carboxylic acids is 2. The van der Waals surface area contributed by atoms with Gasteiger partial charge in [0, 0.05) is 45.1 Å². The second-order valence-electron chi connectivity index (χ2n) is 6.99. The molecule has 0 spiro atoms. The van der Waals surface area contributed by atoms with Gasteiger partial charge in [-0.25, -0.2) is 0 Å². The zero-order valence-electron chi connectivity index (χ0n) is 15.5. The number of hydrogen-bond acceptors (Lipinski definition) is 3. The van der Waals surface area contributed by atoms with Crippen molar-refractivity contribution in [1.82, 2.24) is 9.80 Å². The van der Waals surface area contributed by atoms with Crippen molar-refractivity contribution in [3.05, 3.63) is 35.9 Å². The Morgan fingerprint density at radius 1 is 1.24 bits per heavy atom. The van der Waals surface area contributed by atoms with E-state index in [2.05, 4.69) is 6.92 Å². The molecule has 1 heterocycles. The Labute approximate surface area is 151 Å². The Balaban J connectivity index is 1.79. The summed E-state index contributed by atoms with van der Waals surface area (Å²) in [5.41, 5.74) is 7.14. The van der Waals surface area contributed by atoms with Gasteiger partial charge in [0.1, 0.15) is 0 Å². The second kappa shape index (κ2) is 9.56. The van der Waals surface area contributed by atoms with E-state index in [1.165, 1.54) is 0 Å². The fourth-order valence-electron chi connectivity index (χ4n) is 3.33. The fourth-order valence-corrected chi connectivity index (χ4v) is 3.33. The third kappa shape index (κ3) is 5.56. The number of likely N-dealkylation sites (tertiary alicyclic amines) is 1. The summed E-state index contributed by atoms with van der Waals surface area (Å²) in [5, 5.41) is 0. The lowest BCUT2D eigenvalue weighted by Gasteiger charge is -2.33. The Kier molecular flexibility index (Phi) is 7.44. The molecule has 138 valence electrons. The molecule has 1 aliphatic heterocycles. The normalized spacial score (nSPS) is 16.5.